The van der Waals surface area contributed by atoms with Crippen molar-refractivity contribution in [3.63, 3.8) is 0 Å². The van der Waals surface area contributed by atoms with Crippen LogP contribution in [0.4, 0.5) is 5.82 Å². The van der Waals surface area contributed by atoms with Crippen molar-refractivity contribution in [3.8, 4) is 11.6 Å². The predicted molar refractivity (Wildman–Crippen MR) is 77.6 cm³/mol. The fourth-order valence-corrected chi connectivity index (χ4v) is 1.94. The number of aryl methyl sites for hydroxylation is 1. The number of aromatic nitrogens is 2. The molecule has 0 bridgehead atoms. The highest BCUT2D eigenvalue weighted by Crippen LogP contribution is 2.35. The molecule has 0 saturated carbocycles. The highest BCUT2D eigenvalue weighted by molar-refractivity contribution is 6.42. The molecule has 1 heterocycles. The van der Waals surface area contributed by atoms with Gasteiger partial charge in [0.05, 0.1) is 10.6 Å². The number of benzene rings is 1. The highest BCUT2D eigenvalue weighted by Gasteiger charge is 2.13. The first-order valence-electron chi connectivity index (χ1n) is 5.67. The van der Waals surface area contributed by atoms with Crippen LogP contribution in [-0.4, -0.2) is 17.0 Å². The maximum Gasteiger partial charge on any atom is 0.227 e. The summed E-state index contributed by atoms with van der Waals surface area (Å²) in [6.07, 6.45) is 0. The summed E-state index contributed by atoms with van der Waals surface area (Å²) in [6, 6.07) is 5.21. The minimum atomic E-state index is 0.367. The monoisotopic (exact) mass is 297 g/mol. The summed E-state index contributed by atoms with van der Waals surface area (Å²) >= 11 is 12.0. The lowest BCUT2D eigenvalue weighted by atomic mass is 10.3. The molecule has 0 aliphatic heterocycles. The lowest BCUT2D eigenvalue weighted by Gasteiger charge is -2.12. The van der Waals surface area contributed by atoms with E-state index in [0.29, 0.717) is 27.5 Å². The van der Waals surface area contributed by atoms with Gasteiger partial charge in [0.1, 0.15) is 22.4 Å². The maximum atomic E-state index is 6.09. The Bertz CT molecular complexity index is 617. The average molecular weight is 298 g/mol. The van der Waals surface area contributed by atoms with Crippen molar-refractivity contribution in [2.24, 2.45) is 0 Å². The van der Waals surface area contributed by atoms with E-state index in [1.807, 2.05) is 6.92 Å². The lowest BCUT2D eigenvalue weighted by Crippen LogP contribution is -2.03. The molecular weight excluding hydrogens is 285 g/mol. The number of anilines is 1. The van der Waals surface area contributed by atoms with Crippen LogP contribution in [0.25, 0.3) is 0 Å². The Labute approximate surface area is 121 Å². The number of hydrogen-bond acceptors (Lipinski definition) is 4. The van der Waals surface area contributed by atoms with E-state index in [1.54, 1.807) is 32.2 Å². The lowest BCUT2D eigenvalue weighted by molar-refractivity contribution is 0.456. The molecule has 0 saturated heterocycles. The van der Waals surface area contributed by atoms with Gasteiger partial charge in [-0.2, -0.15) is 4.98 Å². The van der Waals surface area contributed by atoms with E-state index in [4.69, 9.17) is 27.9 Å². The number of rotatable bonds is 3. The van der Waals surface area contributed by atoms with Crippen molar-refractivity contribution in [3.05, 3.63) is 39.6 Å². The molecule has 2 rings (SSSR count). The fraction of sp³-hybridized carbons (Fsp3) is 0.231. The zero-order valence-corrected chi connectivity index (χ0v) is 12.3. The molecule has 2 aromatic rings. The van der Waals surface area contributed by atoms with E-state index in [9.17, 15) is 0 Å². The highest BCUT2D eigenvalue weighted by atomic mass is 35.5. The minimum absolute atomic E-state index is 0.367. The Morgan fingerprint density at radius 1 is 1.16 bits per heavy atom. The Kier molecular flexibility index (Phi) is 4.12. The van der Waals surface area contributed by atoms with Gasteiger partial charge in [-0.3, -0.25) is 0 Å². The van der Waals surface area contributed by atoms with Gasteiger partial charge in [0.15, 0.2) is 0 Å². The van der Waals surface area contributed by atoms with Gasteiger partial charge in [-0.05, 0) is 26.0 Å². The molecule has 0 aliphatic rings. The Morgan fingerprint density at radius 3 is 2.58 bits per heavy atom. The van der Waals surface area contributed by atoms with Crippen molar-refractivity contribution in [1.29, 1.82) is 0 Å². The van der Waals surface area contributed by atoms with Crippen molar-refractivity contribution < 1.29 is 4.74 Å². The zero-order valence-electron chi connectivity index (χ0n) is 10.8. The molecule has 100 valence electrons. The minimum Gasteiger partial charge on any atom is -0.437 e. The molecular formula is C13H13Cl2N3O. The van der Waals surface area contributed by atoms with Crippen LogP contribution < -0.4 is 10.1 Å². The van der Waals surface area contributed by atoms with Crippen LogP contribution >= 0.6 is 23.2 Å². The van der Waals surface area contributed by atoms with E-state index < -0.39 is 0 Å². The second kappa shape index (κ2) is 5.63. The van der Waals surface area contributed by atoms with Crippen LogP contribution in [0.2, 0.25) is 10.0 Å². The standard InChI is InChI=1S/C13H13Cl2N3O/c1-7-12(16-3)17-8(2)18-13(7)19-10-6-4-5-9(14)11(10)15/h4-6H,1-3H3,(H,16,17,18). The first-order valence-corrected chi connectivity index (χ1v) is 6.43. The molecule has 4 nitrogen and oxygen atoms in total. The van der Waals surface area contributed by atoms with Crippen molar-refractivity contribution in [2.75, 3.05) is 12.4 Å². The summed E-state index contributed by atoms with van der Waals surface area (Å²) in [6.45, 7) is 3.67. The van der Waals surface area contributed by atoms with Gasteiger partial charge < -0.3 is 10.1 Å². The smallest absolute Gasteiger partial charge is 0.227 e. The third kappa shape index (κ3) is 2.91. The summed E-state index contributed by atoms with van der Waals surface area (Å²) in [7, 11) is 1.80. The van der Waals surface area contributed by atoms with Gasteiger partial charge in [-0.25, -0.2) is 4.98 Å². The Hall–Kier alpha value is -1.52. The molecule has 0 atom stereocenters. The van der Waals surface area contributed by atoms with E-state index in [1.165, 1.54) is 0 Å². The number of ether oxygens (including phenoxy) is 1. The third-order valence-electron chi connectivity index (χ3n) is 2.57. The molecule has 0 unspecified atom stereocenters. The van der Waals surface area contributed by atoms with Crippen LogP contribution in [0.1, 0.15) is 11.4 Å². The summed E-state index contributed by atoms with van der Waals surface area (Å²) < 4.78 is 5.74. The maximum absolute atomic E-state index is 6.09. The van der Waals surface area contributed by atoms with Gasteiger partial charge in [-0.1, -0.05) is 29.3 Å². The van der Waals surface area contributed by atoms with E-state index in [0.717, 1.165) is 11.4 Å². The van der Waals surface area contributed by atoms with Gasteiger partial charge in [0, 0.05) is 7.05 Å². The van der Waals surface area contributed by atoms with E-state index in [2.05, 4.69) is 15.3 Å². The van der Waals surface area contributed by atoms with Crippen LogP contribution in [0.5, 0.6) is 11.6 Å². The molecule has 0 spiro atoms. The quantitative estimate of drug-likeness (QED) is 0.921. The van der Waals surface area contributed by atoms with Crippen LogP contribution in [-0.2, 0) is 0 Å². The molecule has 1 N–H and O–H groups in total. The molecule has 0 amide bonds. The van der Waals surface area contributed by atoms with Crippen molar-refractivity contribution in [2.45, 2.75) is 13.8 Å². The fourth-order valence-electron chi connectivity index (χ4n) is 1.61. The first kappa shape index (κ1) is 13.9. The van der Waals surface area contributed by atoms with Crippen LogP contribution in [0, 0.1) is 13.8 Å². The summed E-state index contributed by atoms with van der Waals surface area (Å²) in [4.78, 5) is 8.54. The van der Waals surface area contributed by atoms with Crippen LogP contribution in [0.3, 0.4) is 0 Å². The summed E-state index contributed by atoms with van der Waals surface area (Å²) in [5, 5.41) is 3.81. The van der Waals surface area contributed by atoms with Crippen molar-refractivity contribution in [1.82, 2.24) is 9.97 Å². The summed E-state index contributed by atoms with van der Waals surface area (Å²) in [5.74, 6) is 2.27. The number of nitrogens with zero attached hydrogens (tertiary/aromatic N) is 2. The third-order valence-corrected chi connectivity index (χ3v) is 3.37. The average Bonchev–Trinajstić information content (AvgIpc) is 2.38. The first-order chi connectivity index (χ1) is 9.02. The Balaban J connectivity index is 2.43. The normalized spacial score (nSPS) is 10.4. The second-order valence-corrected chi connectivity index (χ2v) is 4.74. The van der Waals surface area contributed by atoms with Gasteiger partial charge in [0.25, 0.3) is 0 Å². The van der Waals surface area contributed by atoms with Gasteiger partial charge in [0.2, 0.25) is 5.88 Å². The van der Waals surface area contributed by atoms with Gasteiger partial charge in [-0.15, -0.1) is 0 Å². The van der Waals surface area contributed by atoms with E-state index >= 15 is 0 Å². The van der Waals surface area contributed by atoms with Crippen molar-refractivity contribution >= 4 is 29.0 Å². The molecule has 0 fully saturated rings. The molecule has 19 heavy (non-hydrogen) atoms. The topological polar surface area (TPSA) is 47.0 Å². The molecule has 0 aliphatic carbocycles. The Morgan fingerprint density at radius 2 is 1.89 bits per heavy atom. The summed E-state index contributed by atoms with van der Waals surface area (Å²) in [5.41, 5.74) is 0.809. The number of halogens is 2. The molecule has 0 radical (unpaired) electrons. The number of nitrogens with one attached hydrogen (secondary N) is 1. The van der Waals surface area contributed by atoms with E-state index in [-0.39, 0.29) is 0 Å². The number of hydrogen-bond donors (Lipinski definition) is 1. The second-order valence-electron chi connectivity index (χ2n) is 3.95. The van der Waals surface area contributed by atoms with Gasteiger partial charge >= 0.3 is 0 Å². The largest absolute Gasteiger partial charge is 0.437 e. The van der Waals surface area contributed by atoms with Crippen LogP contribution in [0.15, 0.2) is 18.2 Å². The molecule has 1 aromatic carbocycles. The zero-order chi connectivity index (χ0) is 14.0. The SMILES string of the molecule is CNc1nc(C)nc(Oc2cccc(Cl)c2Cl)c1C. The molecule has 6 heteroatoms. The molecule has 1 aromatic heterocycles. The predicted octanol–water partition coefficient (Wildman–Crippen LogP) is 4.23.